The molecule has 0 fully saturated rings. The average Bonchev–Trinajstić information content (AvgIpc) is 2.42. The van der Waals surface area contributed by atoms with Gasteiger partial charge in [0, 0.05) is 11.2 Å². The molecule has 2 aromatic rings. The molecule has 0 spiro atoms. The first-order valence-corrected chi connectivity index (χ1v) is 8.29. The van der Waals surface area contributed by atoms with Gasteiger partial charge in [-0.2, -0.15) is 0 Å². The number of thioether (sulfide) groups is 1. The Hall–Kier alpha value is -0.660. The van der Waals surface area contributed by atoms with Crippen molar-refractivity contribution in [3.63, 3.8) is 0 Å². The fourth-order valence-corrected chi connectivity index (χ4v) is 3.03. The normalized spacial score (nSPS) is 10.5. The fraction of sp³-hybridized carbons (Fsp3) is 0.0833. The van der Waals surface area contributed by atoms with Crippen molar-refractivity contribution >= 4 is 70.8 Å². The van der Waals surface area contributed by atoms with Crippen LogP contribution in [0.1, 0.15) is 10.4 Å². The van der Waals surface area contributed by atoms with Gasteiger partial charge < -0.3 is 5.32 Å². The molecule has 21 heavy (non-hydrogen) atoms. The number of carbonyl (C=O) groups is 1. The van der Waals surface area contributed by atoms with E-state index in [1.165, 1.54) is 30.1 Å². The fourth-order valence-electron chi connectivity index (χ4n) is 1.46. The highest BCUT2D eigenvalue weighted by Crippen LogP contribution is 2.34. The molecule has 0 atom stereocenters. The van der Waals surface area contributed by atoms with E-state index in [0.717, 1.165) is 0 Å². The maximum Gasteiger partial charge on any atom is 0.260 e. The van der Waals surface area contributed by atoms with Gasteiger partial charge in [-0.25, -0.2) is 9.97 Å². The summed E-state index contributed by atoms with van der Waals surface area (Å²) in [5.41, 5.74) is 0.493. The Morgan fingerprint density at radius 1 is 1.29 bits per heavy atom. The summed E-state index contributed by atoms with van der Waals surface area (Å²) in [6.45, 7) is 0. The number of amides is 1. The summed E-state index contributed by atoms with van der Waals surface area (Å²) in [6.07, 6.45) is 3.23. The molecule has 2 rings (SSSR count). The van der Waals surface area contributed by atoms with E-state index in [2.05, 4.69) is 27.9 Å². The Bertz CT molecular complexity index is 689. The molecule has 0 radical (unpaired) electrons. The van der Waals surface area contributed by atoms with Gasteiger partial charge in [0.15, 0.2) is 5.16 Å². The summed E-state index contributed by atoms with van der Waals surface area (Å²) >= 11 is 23.4. The Morgan fingerprint density at radius 3 is 2.43 bits per heavy atom. The minimum atomic E-state index is -0.459. The third-order valence-corrected chi connectivity index (χ3v) is 4.14. The first-order valence-electron chi connectivity index (χ1n) is 5.48. The zero-order chi connectivity index (χ0) is 15.6. The minimum absolute atomic E-state index is 0.221. The number of carbonyl (C=O) groups excluding carboxylic acids is 1. The van der Waals surface area contributed by atoms with Gasteiger partial charge in [-0.05, 0) is 18.4 Å². The van der Waals surface area contributed by atoms with Crippen molar-refractivity contribution in [1.29, 1.82) is 0 Å². The zero-order valence-corrected chi connectivity index (χ0v) is 14.5. The van der Waals surface area contributed by atoms with Crippen molar-refractivity contribution in [2.24, 2.45) is 0 Å². The predicted molar refractivity (Wildman–Crippen MR) is 90.5 cm³/mol. The van der Waals surface area contributed by atoms with E-state index in [0.29, 0.717) is 10.2 Å². The van der Waals surface area contributed by atoms with Crippen LogP contribution in [-0.2, 0) is 0 Å². The summed E-state index contributed by atoms with van der Waals surface area (Å²) in [5.74, 6) is -0.459. The van der Waals surface area contributed by atoms with Crippen molar-refractivity contribution in [2.45, 2.75) is 10.2 Å². The number of aromatic nitrogens is 2. The first kappa shape index (κ1) is 16.7. The van der Waals surface area contributed by atoms with Gasteiger partial charge in [-0.1, -0.05) is 46.6 Å². The molecule has 0 saturated carbocycles. The van der Waals surface area contributed by atoms with Crippen LogP contribution in [0.25, 0.3) is 0 Å². The molecule has 0 aliphatic heterocycles. The van der Waals surface area contributed by atoms with Gasteiger partial charge in [0.25, 0.3) is 5.91 Å². The number of halogens is 3. The van der Waals surface area contributed by atoms with Crippen molar-refractivity contribution in [3.8, 4) is 0 Å². The van der Waals surface area contributed by atoms with Crippen LogP contribution in [0.4, 0.5) is 5.69 Å². The Kier molecular flexibility index (Phi) is 5.62. The van der Waals surface area contributed by atoms with E-state index < -0.39 is 5.91 Å². The van der Waals surface area contributed by atoms with Gasteiger partial charge in [0.1, 0.15) is 5.03 Å². The lowest BCUT2D eigenvalue weighted by Gasteiger charge is -2.10. The molecule has 4 nitrogen and oxygen atoms in total. The van der Waals surface area contributed by atoms with Crippen LogP contribution in [0.15, 0.2) is 28.5 Å². The quantitative estimate of drug-likeness (QED) is 0.351. The van der Waals surface area contributed by atoms with Crippen molar-refractivity contribution < 1.29 is 4.79 Å². The van der Waals surface area contributed by atoms with Crippen LogP contribution >= 0.6 is 59.2 Å². The number of anilines is 1. The Labute approximate surface area is 146 Å². The number of rotatable bonds is 3. The maximum absolute atomic E-state index is 12.2. The largest absolute Gasteiger partial charge is 0.319 e. The first-order chi connectivity index (χ1) is 9.92. The van der Waals surface area contributed by atoms with Crippen LogP contribution in [0.5, 0.6) is 0 Å². The van der Waals surface area contributed by atoms with Crippen molar-refractivity contribution in [2.75, 3.05) is 11.6 Å². The molecule has 1 aromatic carbocycles. The lowest BCUT2D eigenvalue weighted by atomic mass is 10.2. The molecule has 0 aliphatic carbocycles. The van der Waals surface area contributed by atoms with Gasteiger partial charge in [-0.3, -0.25) is 4.79 Å². The van der Waals surface area contributed by atoms with Crippen molar-refractivity contribution in [3.05, 3.63) is 39.0 Å². The van der Waals surface area contributed by atoms with Crippen LogP contribution in [-0.4, -0.2) is 22.1 Å². The van der Waals surface area contributed by atoms with Gasteiger partial charge in [0.05, 0.1) is 21.3 Å². The molecule has 1 heterocycles. The molecule has 110 valence electrons. The topological polar surface area (TPSA) is 54.9 Å². The van der Waals surface area contributed by atoms with Gasteiger partial charge >= 0.3 is 0 Å². The highest BCUT2D eigenvalue weighted by Gasteiger charge is 2.16. The predicted octanol–water partition coefficient (Wildman–Crippen LogP) is 4.70. The number of hydrogen-bond donors (Lipinski definition) is 2. The Balaban J connectivity index is 2.30. The lowest BCUT2D eigenvalue weighted by molar-refractivity contribution is 0.102. The maximum atomic E-state index is 12.2. The van der Waals surface area contributed by atoms with Crippen LogP contribution < -0.4 is 5.32 Å². The lowest BCUT2D eigenvalue weighted by Crippen LogP contribution is -2.14. The molecule has 0 aliphatic rings. The summed E-state index contributed by atoms with van der Waals surface area (Å²) in [5, 5.41) is 4.26. The van der Waals surface area contributed by atoms with E-state index >= 15 is 0 Å². The molecule has 9 heteroatoms. The van der Waals surface area contributed by atoms with E-state index in [1.807, 2.05) is 6.26 Å². The molecule has 1 N–H and O–H groups in total. The molecule has 0 saturated heterocycles. The minimum Gasteiger partial charge on any atom is -0.319 e. The number of nitrogens with one attached hydrogen (secondary N) is 1. The zero-order valence-electron chi connectivity index (χ0n) is 10.5. The average molecular weight is 381 g/mol. The van der Waals surface area contributed by atoms with E-state index in [1.54, 1.807) is 0 Å². The summed E-state index contributed by atoms with van der Waals surface area (Å²) in [7, 11) is 0. The molecule has 0 unspecified atom stereocenters. The van der Waals surface area contributed by atoms with Crippen LogP contribution in [0.3, 0.4) is 0 Å². The van der Waals surface area contributed by atoms with Gasteiger partial charge in [0.2, 0.25) is 0 Å². The second-order valence-corrected chi connectivity index (χ2v) is 6.24. The second-order valence-electron chi connectivity index (χ2n) is 3.79. The van der Waals surface area contributed by atoms with E-state index in [9.17, 15) is 4.79 Å². The summed E-state index contributed by atoms with van der Waals surface area (Å²) in [4.78, 5) is 20.3. The smallest absolute Gasteiger partial charge is 0.260 e. The van der Waals surface area contributed by atoms with Crippen LogP contribution in [0.2, 0.25) is 15.1 Å². The summed E-state index contributed by atoms with van der Waals surface area (Å²) in [6, 6.07) is 2.97. The number of benzene rings is 1. The molecular weight excluding hydrogens is 373 g/mol. The third-order valence-electron chi connectivity index (χ3n) is 2.42. The summed E-state index contributed by atoms with van der Waals surface area (Å²) < 4.78 is 0. The van der Waals surface area contributed by atoms with E-state index in [4.69, 9.17) is 34.8 Å². The van der Waals surface area contributed by atoms with E-state index in [-0.39, 0.29) is 26.3 Å². The third kappa shape index (κ3) is 3.96. The Morgan fingerprint density at radius 2 is 1.90 bits per heavy atom. The number of thiol groups is 1. The molecule has 0 bridgehead atoms. The molecular formula is C12H8Cl3N3OS2. The SMILES string of the molecule is CSc1ncc(C(=O)Nc2c(Cl)cc(Cl)cc2Cl)c(S)n1. The van der Waals surface area contributed by atoms with Crippen LogP contribution in [0, 0.1) is 0 Å². The number of nitrogens with zero attached hydrogens (tertiary/aromatic N) is 2. The number of hydrogen-bond acceptors (Lipinski definition) is 5. The second kappa shape index (κ2) is 7.07. The molecule has 1 aromatic heterocycles. The highest BCUT2D eigenvalue weighted by atomic mass is 35.5. The van der Waals surface area contributed by atoms with Gasteiger partial charge in [-0.15, -0.1) is 12.6 Å². The highest BCUT2D eigenvalue weighted by molar-refractivity contribution is 7.98. The monoisotopic (exact) mass is 379 g/mol. The van der Waals surface area contributed by atoms with Crippen molar-refractivity contribution in [1.82, 2.24) is 9.97 Å². The standard InChI is InChI=1S/C12H8Cl3N3OS2/c1-21-12-16-4-6(11(20)18-12)10(19)17-9-7(14)2-5(13)3-8(9)15/h2-4H,1H3,(H,17,19)(H,16,18,20). The molecule has 1 amide bonds.